The molecule has 3 aromatic carbocycles. The number of carbonyl (C=O) groups is 4. The fourth-order valence-electron chi connectivity index (χ4n) is 5.49. The number of nitrogens with zero attached hydrogens (tertiary/aromatic N) is 1. The van der Waals surface area contributed by atoms with E-state index in [1.165, 1.54) is 16.7 Å². The number of carbonyl (C=O) groups excluding carboxylic acids is 4. The molecular weight excluding hydrogens is 614 g/mol. The van der Waals surface area contributed by atoms with Crippen LogP contribution >= 0.6 is 23.4 Å². The fraction of sp³-hybridized carbons (Fsp3) is 0.353. The van der Waals surface area contributed by atoms with Crippen molar-refractivity contribution in [2.75, 3.05) is 11.2 Å². The minimum Gasteiger partial charge on any atom is -0.451 e. The first-order valence-electron chi connectivity index (χ1n) is 14.6. The molecule has 3 aromatic rings. The largest absolute Gasteiger partial charge is 0.451 e. The quantitative estimate of drug-likeness (QED) is 0.174. The van der Waals surface area contributed by atoms with Crippen molar-refractivity contribution < 1.29 is 28.7 Å². The van der Waals surface area contributed by atoms with Gasteiger partial charge in [0.15, 0.2) is 6.10 Å². The molecule has 5 rings (SSSR count). The molecular formula is C34H36ClN3O6S. The van der Waals surface area contributed by atoms with E-state index in [1.807, 2.05) is 67.6 Å². The van der Waals surface area contributed by atoms with Crippen molar-refractivity contribution in [1.29, 1.82) is 0 Å². The highest BCUT2D eigenvalue weighted by atomic mass is 35.5. The molecule has 0 saturated carbocycles. The summed E-state index contributed by atoms with van der Waals surface area (Å²) < 4.78 is 10.6. The number of thioether (sulfide) groups is 1. The maximum absolute atomic E-state index is 13.9. The molecule has 0 aliphatic carbocycles. The number of nitrogens with one attached hydrogen (secondary N) is 2. The minimum atomic E-state index is -0.945. The number of rotatable bonds is 9. The van der Waals surface area contributed by atoms with Gasteiger partial charge >= 0.3 is 12.1 Å². The lowest BCUT2D eigenvalue weighted by molar-refractivity contribution is -0.166. The third-order valence-electron chi connectivity index (χ3n) is 7.57. The molecule has 11 heteroatoms. The number of β-lactam (4-membered cyclic amide) rings is 1. The molecule has 0 aromatic heterocycles. The van der Waals surface area contributed by atoms with E-state index in [4.69, 9.17) is 21.1 Å². The van der Waals surface area contributed by atoms with Crippen LogP contribution < -0.4 is 10.6 Å². The van der Waals surface area contributed by atoms with Crippen molar-refractivity contribution in [2.45, 2.75) is 68.0 Å². The van der Waals surface area contributed by atoms with Crippen LogP contribution in [0.2, 0.25) is 0 Å². The molecule has 3 amide bonds. The van der Waals surface area contributed by atoms with E-state index in [9.17, 15) is 19.2 Å². The van der Waals surface area contributed by atoms with Crippen LogP contribution in [0.5, 0.6) is 0 Å². The van der Waals surface area contributed by atoms with Crippen molar-refractivity contribution in [2.24, 2.45) is 0 Å². The van der Waals surface area contributed by atoms with Crippen molar-refractivity contribution in [3.8, 4) is 0 Å². The average molecular weight is 650 g/mol. The summed E-state index contributed by atoms with van der Waals surface area (Å²) in [6, 6.07) is 23.9. The summed E-state index contributed by atoms with van der Waals surface area (Å²) >= 11 is 7.80. The number of halogens is 1. The van der Waals surface area contributed by atoms with Crippen LogP contribution in [0.4, 0.5) is 10.5 Å². The van der Waals surface area contributed by atoms with E-state index in [0.717, 1.165) is 11.1 Å². The number of amides is 3. The topological polar surface area (TPSA) is 114 Å². The van der Waals surface area contributed by atoms with Crippen molar-refractivity contribution in [3.05, 3.63) is 102 Å². The third-order valence-corrected chi connectivity index (χ3v) is 9.93. The maximum atomic E-state index is 13.9. The monoisotopic (exact) mass is 649 g/mol. The Morgan fingerprint density at radius 2 is 1.53 bits per heavy atom. The maximum Gasteiger partial charge on any atom is 0.412 e. The molecule has 2 heterocycles. The first-order valence-corrected chi connectivity index (χ1v) is 16.1. The van der Waals surface area contributed by atoms with Gasteiger partial charge in [0.2, 0.25) is 11.8 Å². The highest BCUT2D eigenvalue weighted by Crippen LogP contribution is 2.52. The predicted octanol–water partition coefficient (Wildman–Crippen LogP) is 5.67. The Morgan fingerprint density at radius 1 is 0.956 bits per heavy atom. The Morgan fingerprint density at radius 3 is 2.11 bits per heavy atom. The van der Waals surface area contributed by atoms with E-state index in [2.05, 4.69) is 10.6 Å². The standard InChI is InChI=1S/C34H36ClN3O6S/c1-33(2,3)44-32(42)36-24-18-12-11-17-23(24)19-25(39)37-26-29(40)38-28(34(4,20-35)45-30(26)38)31(41)43-27(21-13-7-5-8-14-21)22-15-9-6-10-16-22/h5-18,26-28,30H,19-20H2,1-4H3,(H,36,42)(H,37,39)/t26-,28+,30-,34+/m1/s1. The molecule has 0 radical (unpaired) electrons. The number of ether oxygens (including phenoxy) is 2. The number of benzene rings is 3. The molecule has 45 heavy (non-hydrogen) atoms. The van der Waals surface area contributed by atoms with Crippen LogP contribution in [0.3, 0.4) is 0 Å². The summed E-state index contributed by atoms with van der Waals surface area (Å²) in [7, 11) is 0. The van der Waals surface area contributed by atoms with Gasteiger partial charge in [-0.3, -0.25) is 14.9 Å². The summed E-state index contributed by atoms with van der Waals surface area (Å²) in [5.74, 6) is -1.26. The van der Waals surface area contributed by atoms with Gasteiger partial charge in [0.1, 0.15) is 23.1 Å². The molecule has 2 N–H and O–H groups in total. The van der Waals surface area contributed by atoms with Gasteiger partial charge in [-0.1, -0.05) is 78.9 Å². The molecule has 2 aliphatic rings. The summed E-state index contributed by atoms with van der Waals surface area (Å²) in [4.78, 5) is 54.4. The number of esters is 1. The van der Waals surface area contributed by atoms with Crippen LogP contribution in [0.1, 0.15) is 50.5 Å². The Kier molecular flexibility index (Phi) is 9.46. The van der Waals surface area contributed by atoms with E-state index in [0.29, 0.717) is 11.3 Å². The number of alkyl halides is 1. The van der Waals surface area contributed by atoms with Gasteiger partial charge in [-0.25, -0.2) is 9.59 Å². The minimum absolute atomic E-state index is 0.0821. The van der Waals surface area contributed by atoms with Gasteiger partial charge in [-0.15, -0.1) is 23.4 Å². The number of para-hydroxylation sites is 1. The number of fused-ring (bicyclic) bond motifs is 1. The first kappa shape index (κ1) is 32.4. The lowest BCUT2D eigenvalue weighted by Crippen LogP contribution is -2.71. The summed E-state index contributed by atoms with van der Waals surface area (Å²) in [6.07, 6.45) is -1.39. The average Bonchev–Trinajstić information content (AvgIpc) is 3.29. The SMILES string of the molecule is CC(C)(C)OC(=O)Nc1ccccc1CC(=O)N[C@@H]1C(=O)N2[C@@H]1S[C@@](C)(CCl)[C@@H]2C(=O)OC(c1ccccc1)c1ccccc1. The van der Waals surface area contributed by atoms with Crippen LogP contribution in [-0.2, 0) is 30.3 Å². The second-order valence-electron chi connectivity index (χ2n) is 12.2. The van der Waals surface area contributed by atoms with Gasteiger partial charge in [-0.05, 0) is 50.5 Å². The van der Waals surface area contributed by atoms with Gasteiger partial charge in [0.25, 0.3) is 0 Å². The molecule has 2 fully saturated rings. The second kappa shape index (κ2) is 13.1. The zero-order valence-electron chi connectivity index (χ0n) is 25.5. The molecule has 9 nitrogen and oxygen atoms in total. The van der Waals surface area contributed by atoms with E-state index < -0.39 is 51.9 Å². The molecule has 4 atom stereocenters. The molecule has 236 valence electrons. The van der Waals surface area contributed by atoms with Gasteiger partial charge in [-0.2, -0.15) is 0 Å². The normalized spacial score (nSPS) is 22.3. The summed E-state index contributed by atoms with van der Waals surface area (Å²) in [5, 5.41) is 5.02. The van der Waals surface area contributed by atoms with Crippen molar-refractivity contribution in [1.82, 2.24) is 10.2 Å². The first-order chi connectivity index (χ1) is 21.4. The third kappa shape index (κ3) is 7.12. The van der Waals surface area contributed by atoms with Crippen LogP contribution in [0.15, 0.2) is 84.9 Å². The van der Waals surface area contributed by atoms with Crippen LogP contribution in [-0.4, -0.2) is 62.5 Å². The van der Waals surface area contributed by atoms with Gasteiger partial charge < -0.3 is 19.7 Å². The van der Waals surface area contributed by atoms with E-state index >= 15 is 0 Å². The zero-order valence-corrected chi connectivity index (χ0v) is 27.1. The van der Waals surface area contributed by atoms with Crippen LogP contribution in [0.25, 0.3) is 0 Å². The Balaban J connectivity index is 1.28. The lowest BCUT2D eigenvalue weighted by atomic mass is 9.95. The number of hydrogen-bond donors (Lipinski definition) is 2. The van der Waals surface area contributed by atoms with Crippen molar-refractivity contribution >= 4 is 52.9 Å². The van der Waals surface area contributed by atoms with Crippen molar-refractivity contribution in [3.63, 3.8) is 0 Å². The highest BCUT2D eigenvalue weighted by molar-refractivity contribution is 8.01. The Hall–Kier alpha value is -4.02. The number of hydrogen-bond acceptors (Lipinski definition) is 7. The molecule has 0 spiro atoms. The molecule has 2 aliphatic heterocycles. The second-order valence-corrected chi connectivity index (χ2v) is 14.2. The number of anilines is 1. The van der Waals surface area contributed by atoms with E-state index in [1.54, 1.807) is 45.0 Å². The lowest BCUT2D eigenvalue weighted by Gasteiger charge is -2.44. The molecule has 2 saturated heterocycles. The zero-order chi connectivity index (χ0) is 32.4. The van der Waals surface area contributed by atoms with E-state index in [-0.39, 0.29) is 18.2 Å². The Bertz CT molecular complexity index is 1530. The highest BCUT2D eigenvalue weighted by Gasteiger charge is 2.66. The van der Waals surface area contributed by atoms with Gasteiger partial charge in [0, 0.05) is 11.6 Å². The van der Waals surface area contributed by atoms with Gasteiger partial charge in [0.05, 0.1) is 11.2 Å². The Labute approximate surface area is 272 Å². The van der Waals surface area contributed by atoms with Crippen LogP contribution in [0, 0.1) is 0 Å². The predicted molar refractivity (Wildman–Crippen MR) is 174 cm³/mol. The summed E-state index contributed by atoms with van der Waals surface area (Å²) in [5.41, 5.74) is 1.91. The fourth-order valence-corrected chi connectivity index (χ4v) is 7.44. The molecule has 0 bridgehead atoms. The summed E-state index contributed by atoms with van der Waals surface area (Å²) in [6.45, 7) is 7.11. The molecule has 0 unspecified atom stereocenters. The smallest absolute Gasteiger partial charge is 0.412 e.